The van der Waals surface area contributed by atoms with Gasteiger partial charge in [-0.1, -0.05) is 30.8 Å². The number of aromatic nitrogens is 1. The Labute approximate surface area is 163 Å². The third-order valence-corrected chi connectivity index (χ3v) is 5.25. The zero-order valence-electron chi connectivity index (χ0n) is 15.6. The Morgan fingerprint density at radius 2 is 2.21 bits per heavy atom. The Morgan fingerprint density at radius 1 is 1.46 bits per heavy atom. The van der Waals surface area contributed by atoms with Crippen molar-refractivity contribution in [3.05, 3.63) is 53.3 Å². The number of thiazole rings is 1. The van der Waals surface area contributed by atoms with Crippen molar-refractivity contribution >= 4 is 35.0 Å². The second-order valence-electron chi connectivity index (χ2n) is 6.07. The molecule has 148 valence electrons. The van der Waals surface area contributed by atoms with Gasteiger partial charge in [0.1, 0.15) is 16.7 Å². The lowest BCUT2D eigenvalue weighted by Gasteiger charge is -2.20. The highest BCUT2D eigenvalue weighted by atomic mass is 32.1. The summed E-state index contributed by atoms with van der Waals surface area (Å²) in [5, 5.41) is 11.0. The van der Waals surface area contributed by atoms with E-state index in [1.807, 2.05) is 13.0 Å². The van der Waals surface area contributed by atoms with Gasteiger partial charge < -0.3 is 9.15 Å². The Kier molecular flexibility index (Phi) is 5.59. The Balaban J connectivity index is 2.24. The number of carbonyl (C=O) groups excluding carboxylic acids is 1. The molecule has 0 amide bonds. The van der Waals surface area contributed by atoms with Gasteiger partial charge in [0.25, 0.3) is 5.56 Å². The summed E-state index contributed by atoms with van der Waals surface area (Å²) in [5.41, 5.74) is 0.255. The van der Waals surface area contributed by atoms with E-state index in [2.05, 4.69) is 4.99 Å². The van der Waals surface area contributed by atoms with Crippen LogP contribution in [0.2, 0.25) is 0 Å². The first-order valence-electron chi connectivity index (χ1n) is 8.81. The van der Waals surface area contributed by atoms with Gasteiger partial charge in [-0.25, -0.2) is 9.79 Å². The molecule has 3 heterocycles. The van der Waals surface area contributed by atoms with Gasteiger partial charge in [0.2, 0.25) is 0 Å². The van der Waals surface area contributed by atoms with Crippen LogP contribution >= 0.6 is 11.3 Å². The predicted octanol–water partition coefficient (Wildman–Crippen LogP) is 2.16. The molecular formula is C18H19N3O6S. The van der Waals surface area contributed by atoms with E-state index in [1.165, 1.54) is 28.0 Å². The zero-order valence-corrected chi connectivity index (χ0v) is 16.4. The number of nitro groups is 1. The molecule has 0 bridgehead atoms. The average Bonchev–Trinajstić information content (AvgIpc) is 3.25. The smallest absolute Gasteiger partial charge is 0.433 e. The van der Waals surface area contributed by atoms with Crippen LogP contribution in [-0.2, 0) is 9.53 Å². The number of hydrogen-bond donors (Lipinski definition) is 0. The minimum atomic E-state index is -0.926. The normalized spacial score (nSPS) is 16.7. The van der Waals surface area contributed by atoms with Gasteiger partial charge in [-0.15, -0.1) is 0 Å². The van der Waals surface area contributed by atoms with Gasteiger partial charge in [0.05, 0.1) is 22.8 Å². The maximum absolute atomic E-state index is 12.8. The monoisotopic (exact) mass is 405 g/mol. The Hall–Kier alpha value is -3.01. The molecule has 1 unspecified atom stereocenters. The van der Waals surface area contributed by atoms with E-state index in [9.17, 15) is 19.7 Å². The molecule has 0 aromatic carbocycles. The highest BCUT2D eigenvalue weighted by Gasteiger charge is 2.34. The average molecular weight is 405 g/mol. The van der Waals surface area contributed by atoms with Crippen LogP contribution in [0.1, 0.15) is 45.4 Å². The lowest BCUT2D eigenvalue weighted by atomic mass is 10.0. The highest BCUT2D eigenvalue weighted by molar-refractivity contribution is 7.07. The van der Waals surface area contributed by atoms with Gasteiger partial charge in [-0.05, 0) is 26.3 Å². The first-order chi connectivity index (χ1) is 13.4. The molecular weight excluding hydrogens is 386 g/mol. The minimum Gasteiger partial charge on any atom is -0.463 e. The molecule has 0 N–H and O–H groups in total. The van der Waals surface area contributed by atoms with Crippen molar-refractivity contribution in [1.82, 2.24) is 4.57 Å². The molecule has 0 saturated carbocycles. The quantitative estimate of drug-likeness (QED) is 0.413. The molecule has 1 aliphatic heterocycles. The number of esters is 1. The first kappa shape index (κ1) is 19.7. The number of rotatable bonds is 6. The summed E-state index contributed by atoms with van der Waals surface area (Å²) in [6.07, 6.45) is 3.49. The molecule has 9 nitrogen and oxygen atoms in total. The van der Waals surface area contributed by atoms with Crippen LogP contribution in [0.3, 0.4) is 0 Å². The van der Waals surface area contributed by atoms with Gasteiger partial charge in [-0.2, -0.15) is 0 Å². The van der Waals surface area contributed by atoms with Crippen LogP contribution in [0.15, 0.2) is 31.9 Å². The fourth-order valence-electron chi connectivity index (χ4n) is 2.92. The van der Waals surface area contributed by atoms with E-state index >= 15 is 0 Å². The summed E-state index contributed by atoms with van der Waals surface area (Å²) < 4.78 is 12.3. The van der Waals surface area contributed by atoms with E-state index in [0.717, 1.165) is 12.8 Å². The maximum atomic E-state index is 12.8. The van der Waals surface area contributed by atoms with Crippen LogP contribution in [0.4, 0.5) is 5.88 Å². The number of furan rings is 1. The predicted molar refractivity (Wildman–Crippen MR) is 102 cm³/mol. The maximum Gasteiger partial charge on any atom is 0.433 e. The molecule has 2 aromatic heterocycles. The molecule has 0 fully saturated rings. The van der Waals surface area contributed by atoms with Crippen LogP contribution < -0.4 is 14.9 Å². The molecule has 10 heteroatoms. The minimum absolute atomic E-state index is 0.125. The van der Waals surface area contributed by atoms with Crippen molar-refractivity contribution in [3.63, 3.8) is 0 Å². The number of unbranched alkanes of at least 4 members (excludes halogenated alkanes) is 1. The molecule has 0 spiro atoms. The number of hydrogen-bond acceptors (Lipinski definition) is 8. The number of allylic oxidation sites excluding steroid dienone is 1. The molecule has 1 atom stereocenters. The lowest BCUT2D eigenvalue weighted by molar-refractivity contribution is -0.402. The van der Waals surface area contributed by atoms with Gasteiger partial charge in [0, 0.05) is 5.70 Å². The van der Waals surface area contributed by atoms with E-state index in [0.29, 0.717) is 15.0 Å². The summed E-state index contributed by atoms with van der Waals surface area (Å²) in [6.45, 7) is 5.45. The van der Waals surface area contributed by atoms with E-state index in [-0.39, 0.29) is 23.5 Å². The number of ether oxygens (including phenoxy) is 1. The second kappa shape index (κ2) is 7.93. The molecule has 28 heavy (non-hydrogen) atoms. The zero-order chi connectivity index (χ0) is 20.4. The van der Waals surface area contributed by atoms with E-state index < -0.39 is 22.8 Å². The van der Waals surface area contributed by atoms with E-state index in [1.54, 1.807) is 13.8 Å². The third-order valence-electron chi connectivity index (χ3n) is 4.22. The number of carbonyl (C=O) groups is 1. The Morgan fingerprint density at radius 3 is 2.82 bits per heavy atom. The largest absolute Gasteiger partial charge is 0.463 e. The van der Waals surface area contributed by atoms with Gasteiger partial charge >= 0.3 is 11.9 Å². The van der Waals surface area contributed by atoms with Crippen molar-refractivity contribution < 1.29 is 18.9 Å². The van der Waals surface area contributed by atoms with Crippen molar-refractivity contribution in [2.45, 2.75) is 39.7 Å². The van der Waals surface area contributed by atoms with Crippen LogP contribution in [-0.4, -0.2) is 22.1 Å². The molecule has 2 aromatic rings. The van der Waals surface area contributed by atoms with E-state index in [4.69, 9.17) is 9.15 Å². The summed E-state index contributed by atoms with van der Waals surface area (Å²) in [6, 6.07) is 1.69. The summed E-state index contributed by atoms with van der Waals surface area (Å²) in [5.74, 6) is -0.951. The van der Waals surface area contributed by atoms with Crippen LogP contribution in [0.25, 0.3) is 11.8 Å². The summed E-state index contributed by atoms with van der Waals surface area (Å²) in [7, 11) is 0. The van der Waals surface area contributed by atoms with Crippen molar-refractivity contribution in [1.29, 1.82) is 0 Å². The fourth-order valence-corrected chi connectivity index (χ4v) is 3.97. The van der Waals surface area contributed by atoms with Crippen LogP contribution in [0.5, 0.6) is 0 Å². The topological polar surface area (TPSA) is 117 Å². The summed E-state index contributed by atoms with van der Waals surface area (Å²) >= 11 is 1.21. The van der Waals surface area contributed by atoms with Gasteiger partial charge in [-0.3, -0.25) is 19.5 Å². The SMILES string of the molecule is CCCC=c1sc2n(c1=O)C(C)=C(C(=O)OCC)C(c1ccc([N+](=O)[O-])o1)N=2. The Bertz CT molecular complexity index is 1140. The fraction of sp³-hybridized carbons (Fsp3) is 0.389. The second-order valence-corrected chi connectivity index (χ2v) is 7.08. The molecule has 3 rings (SSSR count). The summed E-state index contributed by atoms with van der Waals surface area (Å²) in [4.78, 5) is 40.6. The third kappa shape index (κ3) is 3.42. The highest BCUT2D eigenvalue weighted by Crippen LogP contribution is 2.34. The number of nitrogens with zero attached hydrogens (tertiary/aromatic N) is 3. The van der Waals surface area contributed by atoms with Crippen molar-refractivity contribution in [2.24, 2.45) is 4.99 Å². The molecule has 0 aliphatic carbocycles. The first-order valence-corrected chi connectivity index (χ1v) is 9.62. The number of fused-ring (bicyclic) bond motifs is 1. The van der Waals surface area contributed by atoms with Gasteiger partial charge in [0.15, 0.2) is 4.80 Å². The van der Waals surface area contributed by atoms with Crippen molar-refractivity contribution in [3.8, 4) is 0 Å². The molecule has 0 radical (unpaired) electrons. The lowest BCUT2D eigenvalue weighted by Crippen LogP contribution is -2.35. The van der Waals surface area contributed by atoms with Crippen LogP contribution in [0, 0.1) is 10.1 Å². The molecule has 1 aliphatic rings. The standard InChI is InChI=1S/C18H19N3O6S/c1-4-6-7-12-16(22)20-10(3)14(17(23)26-5-2)15(19-18(20)28-12)11-8-9-13(27-11)21(24)25/h7-9,15H,4-6H2,1-3H3. The van der Waals surface area contributed by atoms with Crippen molar-refractivity contribution in [2.75, 3.05) is 6.61 Å². The molecule has 0 saturated heterocycles.